The first-order chi connectivity index (χ1) is 8.33. The van der Waals surface area contributed by atoms with E-state index in [1.54, 1.807) is 11.5 Å². The molecule has 1 fully saturated rings. The maximum Gasteiger partial charge on any atom is 0.0855 e. The van der Waals surface area contributed by atoms with Crippen LogP contribution >= 0.6 is 27.5 Å². The quantitative estimate of drug-likeness (QED) is 0.928. The van der Waals surface area contributed by atoms with Crippen LogP contribution in [-0.4, -0.2) is 10.4 Å². The zero-order valence-corrected chi connectivity index (χ0v) is 11.7. The standard InChI is InChI=1S/C13H13BrN2S/c14-12-4-2-1-3-11(12)13-7-10(17-16-13)8-15-9-5-6-9/h1-4,7,9,15H,5-6,8H2. The molecule has 3 rings (SSSR count). The monoisotopic (exact) mass is 308 g/mol. The van der Waals surface area contributed by atoms with Crippen molar-refractivity contribution in [1.82, 2.24) is 9.69 Å². The molecular weight excluding hydrogens is 296 g/mol. The van der Waals surface area contributed by atoms with Gasteiger partial charge in [-0.25, -0.2) is 0 Å². The Labute approximate surface area is 113 Å². The minimum Gasteiger partial charge on any atom is -0.309 e. The molecule has 2 nitrogen and oxygen atoms in total. The maximum absolute atomic E-state index is 4.52. The zero-order valence-electron chi connectivity index (χ0n) is 9.32. The Bertz CT molecular complexity index is 520. The van der Waals surface area contributed by atoms with Crippen molar-refractivity contribution in [2.24, 2.45) is 0 Å². The Kier molecular flexibility index (Phi) is 3.27. The van der Waals surface area contributed by atoms with Gasteiger partial charge in [-0.3, -0.25) is 0 Å². The lowest BCUT2D eigenvalue weighted by Crippen LogP contribution is -2.14. The minimum atomic E-state index is 0.754. The molecule has 1 aliphatic rings. The Balaban J connectivity index is 1.77. The summed E-state index contributed by atoms with van der Waals surface area (Å²) in [5.74, 6) is 0. The van der Waals surface area contributed by atoms with E-state index in [1.165, 1.54) is 23.3 Å². The minimum absolute atomic E-state index is 0.754. The predicted octanol–water partition coefficient (Wildman–Crippen LogP) is 3.82. The van der Waals surface area contributed by atoms with Crippen molar-refractivity contribution < 1.29 is 0 Å². The molecule has 1 saturated carbocycles. The predicted molar refractivity (Wildman–Crippen MR) is 75.1 cm³/mol. The van der Waals surface area contributed by atoms with Crippen LogP contribution in [0.1, 0.15) is 17.7 Å². The first-order valence-corrected chi connectivity index (χ1v) is 7.33. The summed E-state index contributed by atoms with van der Waals surface area (Å²) in [6.45, 7) is 0.951. The van der Waals surface area contributed by atoms with E-state index in [4.69, 9.17) is 0 Å². The van der Waals surface area contributed by atoms with Crippen molar-refractivity contribution in [2.75, 3.05) is 0 Å². The summed E-state index contributed by atoms with van der Waals surface area (Å²) in [6.07, 6.45) is 2.66. The average Bonchev–Trinajstić information content (AvgIpc) is 3.06. The van der Waals surface area contributed by atoms with Gasteiger partial charge in [0.1, 0.15) is 0 Å². The molecule has 0 unspecified atom stereocenters. The molecule has 1 N–H and O–H groups in total. The molecule has 0 amide bonds. The molecule has 0 bridgehead atoms. The molecule has 0 saturated heterocycles. The van der Waals surface area contributed by atoms with Gasteiger partial charge >= 0.3 is 0 Å². The SMILES string of the molecule is Brc1ccccc1-c1cc(CNC2CC2)sn1. The second kappa shape index (κ2) is 4.88. The fourth-order valence-electron chi connectivity index (χ4n) is 1.72. The molecule has 0 radical (unpaired) electrons. The van der Waals surface area contributed by atoms with E-state index < -0.39 is 0 Å². The number of rotatable bonds is 4. The van der Waals surface area contributed by atoms with E-state index in [1.807, 2.05) is 12.1 Å². The molecule has 0 atom stereocenters. The van der Waals surface area contributed by atoms with Gasteiger partial charge in [-0.15, -0.1) is 0 Å². The summed E-state index contributed by atoms with van der Waals surface area (Å²) in [7, 11) is 0. The van der Waals surface area contributed by atoms with Gasteiger partial charge in [0.25, 0.3) is 0 Å². The van der Waals surface area contributed by atoms with Crippen LogP contribution in [-0.2, 0) is 6.54 Å². The third kappa shape index (κ3) is 2.76. The Morgan fingerprint density at radius 3 is 2.94 bits per heavy atom. The van der Waals surface area contributed by atoms with Crippen molar-refractivity contribution in [3.05, 3.63) is 39.7 Å². The van der Waals surface area contributed by atoms with Gasteiger partial charge in [-0.2, -0.15) is 4.37 Å². The highest BCUT2D eigenvalue weighted by molar-refractivity contribution is 9.10. The van der Waals surface area contributed by atoms with E-state index in [-0.39, 0.29) is 0 Å². The van der Waals surface area contributed by atoms with Crippen LogP contribution in [0.3, 0.4) is 0 Å². The highest BCUT2D eigenvalue weighted by atomic mass is 79.9. The van der Waals surface area contributed by atoms with Crippen LogP contribution in [0.5, 0.6) is 0 Å². The van der Waals surface area contributed by atoms with Crippen LogP contribution in [0.15, 0.2) is 34.8 Å². The van der Waals surface area contributed by atoms with Crippen molar-refractivity contribution in [1.29, 1.82) is 0 Å². The van der Waals surface area contributed by atoms with E-state index >= 15 is 0 Å². The molecule has 0 spiro atoms. The zero-order chi connectivity index (χ0) is 11.7. The van der Waals surface area contributed by atoms with Crippen LogP contribution in [0.2, 0.25) is 0 Å². The molecule has 1 aromatic carbocycles. The number of hydrogen-bond donors (Lipinski definition) is 1. The lowest BCUT2D eigenvalue weighted by molar-refractivity contribution is 0.695. The molecule has 1 aliphatic carbocycles. The van der Waals surface area contributed by atoms with Crippen molar-refractivity contribution in [3.8, 4) is 11.3 Å². The average molecular weight is 309 g/mol. The molecular formula is C13H13BrN2S. The number of nitrogens with one attached hydrogen (secondary N) is 1. The topological polar surface area (TPSA) is 24.9 Å². The van der Waals surface area contributed by atoms with Gasteiger partial charge in [0.15, 0.2) is 0 Å². The highest BCUT2D eigenvalue weighted by Gasteiger charge is 2.20. The highest BCUT2D eigenvalue weighted by Crippen LogP contribution is 2.29. The van der Waals surface area contributed by atoms with Crippen molar-refractivity contribution in [3.63, 3.8) is 0 Å². The number of aromatic nitrogens is 1. The first-order valence-electron chi connectivity index (χ1n) is 5.77. The number of nitrogens with zero attached hydrogens (tertiary/aromatic N) is 1. The van der Waals surface area contributed by atoms with E-state index in [9.17, 15) is 0 Å². The van der Waals surface area contributed by atoms with Crippen LogP contribution < -0.4 is 5.32 Å². The molecule has 1 aromatic heterocycles. The van der Waals surface area contributed by atoms with E-state index in [0.717, 1.165) is 22.8 Å². The van der Waals surface area contributed by atoms with Crippen molar-refractivity contribution in [2.45, 2.75) is 25.4 Å². The normalized spacial score (nSPS) is 15.1. The number of hydrogen-bond acceptors (Lipinski definition) is 3. The van der Waals surface area contributed by atoms with Gasteiger partial charge < -0.3 is 5.32 Å². The summed E-state index contributed by atoms with van der Waals surface area (Å²) >= 11 is 5.15. The summed E-state index contributed by atoms with van der Waals surface area (Å²) < 4.78 is 5.62. The molecule has 17 heavy (non-hydrogen) atoms. The lowest BCUT2D eigenvalue weighted by Gasteiger charge is -1.99. The van der Waals surface area contributed by atoms with E-state index in [2.05, 4.69) is 43.8 Å². The smallest absolute Gasteiger partial charge is 0.0855 e. The van der Waals surface area contributed by atoms with Gasteiger partial charge in [-0.05, 0) is 36.5 Å². The molecule has 2 aromatic rings. The fourth-order valence-corrected chi connectivity index (χ4v) is 2.89. The first kappa shape index (κ1) is 11.4. The van der Waals surface area contributed by atoms with Gasteiger partial charge in [0.2, 0.25) is 0 Å². The maximum atomic E-state index is 4.52. The third-order valence-electron chi connectivity index (χ3n) is 2.85. The van der Waals surface area contributed by atoms with Gasteiger partial charge in [-0.1, -0.05) is 34.1 Å². The Morgan fingerprint density at radius 1 is 1.35 bits per heavy atom. The molecule has 4 heteroatoms. The second-order valence-corrected chi connectivity index (χ2v) is 6.06. The van der Waals surface area contributed by atoms with Crippen LogP contribution in [0.25, 0.3) is 11.3 Å². The van der Waals surface area contributed by atoms with Gasteiger partial charge in [0.05, 0.1) is 5.69 Å². The Hall–Kier alpha value is -0.710. The fraction of sp³-hybridized carbons (Fsp3) is 0.308. The number of benzene rings is 1. The molecule has 88 valence electrons. The summed E-state index contributed by atoms with van der Waals surface area (Å²) in [4.78, 5) is 1.31. The largest absolute Gasteiger partial charge is 0.309 e. The molecule has 0 aliphatic heterocycles. The van der Waals surface area contributed by atoms with Crippen LogP contribution in [0.4, 0.5) is 0 Å². The summed E-state index contributed by atoms with van der Waals surface area (Å²) in [6, 6.07) is 11.1. The van der Waals surface area contributed by atoms with E-state index in [0.29, 0.717) is 0 Å². The number of halogens is 1. The Morgan fingerprint density at radius 2 is 2.18 bits per heavy atom. The summed E-state index contributed by atoms with van der Waals surface area (Å²) in [5.41, 5.74) is 2.23. The second-order valence-electron chi connectivity index (χ2n) is 4.31. The lowest BCUT2D eigenvalue weighted by atomic mass is 10.1. The van der Waals surface area contributed by atoms with Crippen LogP contribution in [0, 0.1) is 0 Å². The third-order valence-corrected chi connectivity index (χ3v) is 4.33. The van der Waals surface area contributed by atoms with Crippen molar-refractivity contribution >= 4 is 27.5 Å². The van der Waals surface area contributed by atoms with Gasteiger partial charge in [0, 0.05) is 27.5 Å². The summed E-state index contributed by atoms with van der Waals surface area (Å²) in [5, 5.41) is 3.51. The molecule has 1 heterocycles.